The second-order valence-electron chi connectivity index (χ2n) is 4.75. The number of rotatable bonds is 3. The lowest BCUT2D eigenvalue weighted by Gasteiger charge is -2.14. The van der Waals surface area contributed by atoms with Crippen LogP contribution in [0.15, 0.2) is 27.1 Å². The Morgan fingerprint density at radius 1 is 1.20 bits per heavy atom. The molecule has 0 bridgehead atoms. The van der Waals surface area contributed by atoms with Gasteiger partial charge in [0.05, 0.1) is 5.69 Å². The molecule has 0 spiro atoms. The number of benzene rings is 1. The van der Waals surface area contributed by atoms with Crippen LogP contribution in [-0.2, 0) is 0 Å². The van der Waals surface area contributed by atoms with Crippen LogP contribution in [0.4, 0.5) is 11.5 Å². The zero-order valence-electron chi connectivity index (χ0n) is 11.3. The van der Waals surface area contributed by atoms with Gasteiger partial charge in [-0.3, -0.25) is 0 Å². The fraction of sp³-hybridized carbons (Fsp3) is 0.286. The molecule has 106 valence electrons. The van der Waals surface area contributed by atoms with Crippen molar-refractivity contribution in [2.24, 2.45) is 0 Å². The van der Waals surface area contributed by atoms with Gasteiger partial charge in [-0.1, -0.05) is 41.4 Å². The zero-order chi connectivity index (χ0) is 14.9. The van der Waals surface area contributed by atoms with Crippen molar-refractivity contribution in [3.8, 4) is 0 Å². The highest BCUT2D eigenvalue weighted by atomic mass is 79.9. The van der Waals surface area contributed by atoms with Crippen LogP contribution in [0, 0.1) is 6.92 Å². The summed E-state index contributed by atoms with van der Waals surface area (Å²) >= 11 is 13.1. The molecule has 2 rings (SSSR count). The third-order valence-corrected chi connectivity index (χ3v) is 4.32. The summed E-state index contributed by atoms with van der Waals surface area (Å²) in [5, 5.41) is 3.79. The van der Waals surface area contributed by atoms with E-state index in [2.05, 4.69) is 47.1 Å². The van der Waals surface area contributed by atoms with Crippen molar-refractivity contribution < 1.29 is 0 Å². The molecule has 0 amide bonds. The molecule has 2 aromatic rings. The lowest BCUT2D eigenvalue weighted by molar-refractivity contribution is 0.773. The topological polar surface area (TPSA) is 37.8 Å². The highest BCUT2D eigenvalue weighted by molar-refractivity contribution is 9.11. The maximum absolute atomic E-state index is 6.18. The van der Waals surface area contributed by atoms with Crippen LogP contribution < -0.4 is 5.32 Å². The van der Waals surface area contributed by atoms with Gasteiger partial charge in [0.1, 0.15) is 16.8 Å². The maximum Gasteiger partial charge on any atom is 0.138 e. The molecule has 0 saturated carbocycles. The molecular weight excluding hydrogens is 405 g/mol. The lowest BCUT2D eigenvalue weighted by Crippen LogP contribution is -2.05. The van der Waals surface area contributed by atoms with Gasteiger partial charge >= 0.3 is 0 Å². The summed E-state index contributed by atoms with van der Waals surface area (Å²) in [5.74, 6) is 1.69. The van der Waals surface area contributed by atoms with Gasteiger partial charge in [0.15, 0.2) is 0 Å². The van der Waals surface area contributed by atoms with Crippen molar-refractivity contribution in [3.05, 3.63) is 43.7 Å². The van der Waals surface area contributed by atoms with E-state index < -0.39 is 0 Å². The van der Waals surface area contributed by atoms with Crippen LogP contribution in [0.5, 0.6) is 0 Å². The Balaban J connectivity index is 2.42. The molecule has 0 radical (unpaired) electrons. The fourth-order valence-corrected chi connectivity index (χ4v) is 2.93. The van der Waals surface area contributed by atoms with Crippen LogP contribution in [-0.4, -0.2) is 9.97 Å². The third kappa shape index (κ3) is 3.51. The van der Waals surface area contributed by atoms with Gasteiger partial charge in [-0.2, -0.15) is 0 Å². The molecule has 0 aliphatic carbocycles. The molecule has 20 heavy (non-hydrogen) atoms. The molecular formula is C14H14Br2ClN3. The van der Waals surface area contributed by atoms with Gasteiger partial charge < -0.3 is 5.32 Å². The number of hydrogen-bond donors (Lipinski definition) is 1. The van der Waals surface area contributed by atoms with Gasteiger partial charge in [-0.05, 0) is 41.1 Å². The maximum atomic E-state index is 6.18. The number of halogens is 3. The summed E-state index contributed by atoms with van der Waals surface area (Å²) in [6, 6.07) is 5.91. The molecule has 1 N–H and O–H groups in total. The minimum Gasteiger partial charge on any atom is -0.339 e. The molecule has 0 fully saturated rings. The number of nitrogens with zero attached hydrogens (tertiary/aromatic N) is 2. The van der Waals surface area contributed by atoms with Crippen molar-refractivity contribution >= 4 is 55.0 Å². The normalized spacial score (nSPS) is 10.9. The smallest absolute Gasteiger partial charge is 0.138 e. The summed E-state index contributed by atoms with van der Waals surface area (Å²) in [4.78, 5) is 8.86. The van der Waals surface area contributed by atoms with E-state index in [1.165, 1.54) is 0 Å². The van der Waals surface area contributed by atoms with Gasteiger partial charge in [0.25, 0.3) is 0 Å². The quantitative estimate of drug-likeness (QED) is 0.636. The molecule has 6 heteroatoms. The Labute approximate surface area is 140 Å². The van der Waals surface area contributed by atoms with E-state index in [1.54, 1.807) is 0 Å². The summed E-state index contributed by atoms with van der Waals surface area (Å²) in [6.45, 7) is 5.99. The largest absolute Gasteiger partial charge is 0.339 e. The Kier molecular flexibility index (Phi) is 5.04. The van der Waals surface area contributed by atoms with Crippen molar-refractivity contribution in [1.82, 2.24) is 9.97 Å². The number of hydrogen-bond acceptors (Lipinski definition) is 3. The fourth-order valence-electron chi connectivity index (χ4n) is 1.60. The zero-order valence-corrected chi connectivity index (χ0v) is 15.3. The second-order valence-corrected chi connectivity index (χ2v) is 6.88. The third-order valence-electron chi connectivity index (χ3n) is 2.80. The van der Waals surface area contributed by atoms with Crippen LogP contribution in [0.25, 0.3) is 0 Å². The first-order valence-corrected chi connectivity index (χ1v) is 8.11. The molecule has 3 nitrogen and oxygen atoms in total. The Bertz CT molecular complexity index is 645. The van der Waals surface area contributed by atoms with Crippen molar-refractivity contribution in [1.29, 1.82) is 0 Å². The summed E-state index contributed by atoms with van der Waals surface area (Å²) < 4.78 is 1.96. The van der Waals surface area contributed by atoms with Crippen molar-refractivity contribution in [3.63, 3.8) is 0 Å². The van der Waals surface area contributed by atoms with E-state index in [4.69, 9.17) is 11.6 Å². The standard InChI is InChI=1S/C14H14Br2ClN3/c1-7(2)13-19-12(17)8(3)14(20-13)18-11-5-4-9(15)6-10(11)16/h4-7H,1-3H3,(H,18,19,20). The van der Waals surface area contributed by atoms with Gasteiger partial charge in [-0.25, -0.2) is 9.97 Å². The van der Waals surface area contributed by atoms with E-state index in [-0.39, 0.29) is 5.92 Å². The number of aromatic nitrogens is 2. The molecule has 0 saturated heterocycles. The van der Waals surface area contributed by atoms with E-state index in [9.17, 15) is 0 Å². The number of anilines is 2. The van der Waals surface area contributed by atoms with E-state index in [0.29, 0.717) is 5.15 Å². The van der Waals surface area contributed by atoms with Gasteiger partial charge in [0, 0.05) is 20.4 Å². The Morgan fingerprint density at radius 2 is 1.90 bits per heavy atom. The van der Waals surface area contributed by atoms with Crippen molar-refractivity contribution in [2.75, 3.05) is 5.32 Å². The predicted octanol–water partition coefficient (Wildman–Crippen LogP) is 5.83. The monoisotopic (exact) mass is 417 g/mol. The molecule has 1 aromatic heterocycles. The Hall–Kier alpha value is -0.650. The SMILES string of the molecule is Cc1c(Cl)nc(C(C)C)nc1Nc1ccc(Br)cc1Br. The van der Waals surface area contributed by atoms with E-state index in [0.717, 1.165) is 31.8 Å². The van der Waals surface area contributed by atoms with Crippen LogP contribution in [0.3, 0.4) is 0 Å². The summed E-state index contributed by atoms with van der Waals surface area (Å²) in [7, 11) is 0. The minimum absolute atomic E-state index is 0.224. The molecule has 1 aromatic carbocycles. The first kappa shape index (κ1) is 15.7. The van der Waals surface area contributed by atoms with Crippen LogP contribution >= 0.6 is 43.5 Å². The summed E-state index contributed by atoms with van der Waals surface area (Å²) in [5.41, 5.74) is 1.77. The average molecular weight is 420 g/mol. The molecule has 0 unspecified atom stereocenters. The van der Waals surface area contributed by atoms with Crippen LogP contribution in [0.2, 0.25) is 5.15 Å². The predicted molar refractivity (Wildman–Crippen MR) is 91.0 cm³/mol. The van der Waals surface area contributed by atoms with E-state index >= 15 is 0 Å². The molecule has 0 atom stereocenters. The van der Waals surface area contributed by atoms with Crippen molar-refractivity contribution in [2.45, 2.75) is 26.7 Å². The average Bonchev–Trinajstić information content (AvgIpc) is 2.37. The lowest BCUT2D eigenvalue weighted by atomic mass is 10.2. The Morgan fingerprint density at radius 3 is 2.50 bits per heavy atom. The van der Waals surface area contributed by atoms with Gasteiger partial charge in [0.2, 0.25) is 0 Å². The highest BCUT2D eigenvalue weighted by Crippen LogP contribution is 2.31. The molecule has 0 aliphatic rings. The highest BCUT2D eigenvalue weighted by Gasteiger charge is 2.13. The van der Waals surface area contributed by atoms with Gasteiger partial charge in [-0.15, -0.1) is 0 Å². The first-order valence-electron chi connectivity index (χ1n) is 6.14. The number of nitrogens with one attached hydrogen (secondary N) is 1. The molecule has 0 aliphatic heterocycles. The second kappa shape index (κ2) is 6.41. The van der Waals surface area contributed by atoms with E-state index in [1.807, 2.05) is 39.0 Å². The summed E-state index contributed by atoms with van der Waals surface area (Å²) in [6.07, 6.45) is 0. The first-order chi connectivity index (χ1) is 9.38. The van der Waals surface area contributed by atoms with Crippen LogP contribution in [0.1, 0.15) is 31.2 Å². The molecule has 1 heterocycles. The minimum atomic E-state index is 0.224.